The second-order valence-corrected chi connectivity index (χ2v) is 3.65. The van der Waals surface area contributed by atoms with Gasteiger partial charge < -0.3 is 15.7 Å². The van der Waals surface area contributed by atoms with E-state index in [9.17, 15) is 9.59 Å². The van der Waals surface area contributed by atoms with Crippen molar-refractivity contribution in [2.45, 2.75) is 32.2 Å². The zero-order valence-electron chi connectivity index (χ0n) is 9.69. The number of unbranched alkanes of at least 4 members (excludes halogenated alkanes) is 1. The molecule has 5 nitrogen and oxygen atoms in total. The fourth-order valence-electron chi connectivity index (χ4n) is 1.33. The number of rotatable bonds is 8. The molecule has 0 heterocycles. The lowest BCUT2D eigenvalue weighted by Crippen LogP contribution is -2.45. The highest BCUT2D eigenvalue weighted by molar-refractivity contribution is 5.85. The minimum Gasteiger partial charge on any atom is -0.480 e. The van der Waals surface area contributed by atoms with Gasteiger partial charge in [-0.2, -0.15) is 0 Å². The van der Waals surface area contributed by atoms with Gasteiger partial charge in [-0.05, 0) is 6.42 Å². The van der Waals surface area contributed by atoms with Crippen molar-refractivity contribution in [1.29, 1.82) is 0 Å². The van der Waals surface area contributed by atoms with E-state index >= 15 is 0 Å². The highest BCUT2D eigenvalue weighted by atomic mass is 16.4. The first-order chi connectivity index (χ1) is 7.52. The Morgan fingerprint density at radius 1 is 1.56 bits per heavy atom. The molecule has 92 valence electrons. The van der Waals surface area contributed by atoms with Crippen LogP contribution in [-0.2, 0) is 9.59 Å². The average Bonchev–Trinajstić information content (AvgIpc) is 2.23. The first-order valence-corrected chi connectivity index (χ1v) is 5.40. The number of carbonyl (C=O) groups is 2. The molecular weight excluding hydrogens is 208 g/mol. The van der Waals surface area contributed by atoms with Gasteiger partial charge in [-0.15, -0.1) is 6.58 Å². The van der Waals surface area contributed by atoms with E-state index in [1.54, 1.807) is 0 Å². The molecule has 1 unspecified atom stereocenters. The summed E-state index contributed by atoms with van der Waals surface area (Å²) in [5.41, 5.74) is 5.69. The van der Waals surface area contributed by atoms with E-state index in [1.807, 2.05) is 6.92 Å². The van der Waals surface area contributed by atoms with Crippen LogP contribution in [0.4, 0.5) is 0 Å². The Labute approximate surface area is 95.9 Å². The van der Waals surface area contributed by atoms with Gasteiger partial charge >= 0.3 is 5.97 Å². The number of carboxylic acid groups (broad SMARTS) is 1. The van der Waals surface area contributed by atoms with Gasteiger partial charge in [0.05, 0.1) is 6.04 Å². The Kier molecular flexibility index (Phi) is 7.20. The molecule has 0 aromatic rings. The normalized spacial score (nSPS) is 11.9. The SMILES string of the molecule is C=CCN(CC(=O)O)C(=O)C(N)CCCC. The lowest BCUT2D eigenvalue weighted by molar-refractivity contribution is -0.144. The Morgan fingerprint density at radius 2 is 2.19 bits per heavy atom. The molecule has 0 fully saturated rings. The fourth-order valence-corrected chi connectivity index (χ4v) is 1.33. The molecule has 0 aliphatic heterocycles. The monoisotopic (exact) mass is 228 g/mol. The van der Waals surface area contributed by atoms with Crippen LogP contribution in [0.2, 0.25) is 0 Å². The van der Waals surface area contributed by atoms with E-state index in [1.165, 1.54) is 11.0 Å². The van der Waals surface area contributed by atoms with Gasteiger partial charge in [0.25, 0.3) is 0 Å². The number of amides is 1. The number of nitrogens with two attached hydrogens (primary N) is 1. The van der Waals surface area contributed by atoms with Gasteiger partial charge in [0.15, 0.2) is 0 Å². The lowest BCUT2D eigenvalue weighted by Gasteiger charge is -2.22. The molecular formula is C11H20N2O3. The lowest BCUT2D eigenvalue weighted by atomic mass is 10.1. The van der Waals surface area contributed by atoms with Gasteiger partial charge in [0.2, 0.25) is 5.91 Å². The molecule has 3 N–H and O–H groups in total. The second kappa shape index (κ2) is 7.87. The highest BCUT2D eigenvalue weighted by Crippen LogP contribution is 2.03. The molecule has 0 saturated carbocycles. The van der Waals surface area contributed by atoms with Crippen LogP contribution in [0.5, 0.6) is 0 Å². The van der Waals surface area contributed by atoms with Crippen LogP contribution in [0.3, 0.4) is 0 Å². The third-order valence-electron chi connectivity index (χ3n) is 2.17. The van der Waals surface area contributed by atoms with Gasteiger partial charge in [0.1, 0.15) is 6.54 Å². The summed E-state index contributed by atoms with van der Waals surface area (Å²) in [4.78, 5) is 23.5. The molecule has 0 bridgehead atoms. The van der Waals surface area contributed by atoms with Gasteiger partial charge in [0, 0.05) is 6.54 Å². The molecule has 0 aromatic carbocycles. The summed E-state index contributed by atoms with van der Waals surface area (Å²) in [7, 11) is 0. The number of hydrogen-bond acceptors (Lipinski definition) is 3. The smallest absolute Gasteiger partial charge is 0.323 e. The summed E-state index contributed by atoms with van der Waals surface area (Å²) in [6, 6.07) is -0.612. The summed E-state index contributed by atoms with van der Waals surface area (Å²) in [5.74, 6) is -1.37. The summed E-state index contributed by atoms with van der Waals surface area (Å²) in [6.07, 6.45) is 3.90. The Bertz CT molecular complexity index is 254. The first-order valence-electron chi connectivity index (χ1n) is 5.40. The van der Waals surface area contributed by atoms with Crippen molar-refractivity contribution in [1.82, 2.24) is 4.90 Å². The molecule has 1 atom stereocenters. The standard InChI is InChI=1S/C11H20N2O3/c1-3-5-6-9(12)11(16)13(7-4-2)8-10(14)15/h4,9H,2-3,5-8,12H2,1H3,(H,14,15). The fraction of sp³-hybridized carbons (Fsp3) is 0.636. The Morgan fingerprint density at radius 3 is 2.62 bits per heavy atom. The zero-order valence-corrected chi connectivity index (χ0v) is 9.69. The van der Waals surface area contributed by atoms with Crippen molar-refractivity contribution in [3.8, 4) is 0 Å². The number of hydrogen-bond donors (Lipinski definition) is 2. The maximum absolute atomic E-state index is 11.8. The number of aliphatic carboxylic acids is 1. The third kappa shape index (κ3) is 5.50. The van der Waals surface area contributed by atoms with Crippen LogP contribution in [-0.4, -0.2) is 41.0 Å². The summed E-state index contributed by atoms with van der Waals surface area (Å²) in [6.45, 7) is 5.38. The predicted octanol–water partition coefficient (Wildman–Crippen LogP) is 0.603. The first kappa shape index (κ1) is 14.6. The molecule has 0 aliphatic rings. The molecule has 0 aliphatic carbocycles. The van der Waals surface area contributed by atoms with Crippen LogP contribution in [0.25, 0.3) is 0 Å². The topological polar surface area (TPSA) is 83.6 Å². The van der Waals surface area contributed by atoms with Gasteiger partial charge in [-0.1, -0.05) is 25.8 Å². The highest BCUT2D eigenvalue weighted by Gasteiger charge is 2.21. The number of carboxylic acids is 1. The van der Waals surface area contributed by atoms with Crippen molar-refractivity contribution in [3.05, 3.63) is 12.7 Å². The summed E-state index contributed by atoms with van der Waals surface area (Å²) in [5, 5.41) is 8.65. The van der Waals surface area contributed by atoms with Crippen molar-refractivity contribution in [3.63, 3.8) is 0 Å². The van der Waals surface area contributed by atoms with Crippen LogP contribution in [0.1, 0.15) is 26.2 Å². The van der Waals surface area contributed by atoms with Crippen molar-refractivity contribution in [2.75, 3.05) is 13.1 Å². The molecule has 0 saturated heterocycles. The quantitative estimate of drug-likeness (QED) is 0.596. The number of carbonyl (C=O) groups excluding carboxylic acids is 1. The van der Waals surface area contributed by atoms with Gasteiger partial charge in [-0.3, -0.25) is 9.59 Å². The molecule has 5 heteroatoms. The zero-order chi connectivity index (χ0) is 12.6. The molecule has 0 aromatic heterocycles. The summed E-state index contributed by atoms with van der Waals surface area (Å²) < 4.78 is 0. The van der Waals surface area contributed by atoms with Crippen LogP contribution in [0.15, 0.2) is 12.7 Å². The maximum atomic E-state index is 11.8. The van der Waals surface area contributed by atoms with Crippen molar-refractivity contribution >= 4 is 11.9 Å². The minimum atomic E-state index is -1.04. The number of nitrogens with zero attached hydrogens (tertiary/aromatic N) is 1. The van der Waals surface area contributed by atoms with E-state index in [2.05, 4.69) is 6.58 Å². The molecule has 0 spiro atoms. The van der Waals surface area contributed by atoms with Crippen molar-refractivity contribution < 1.29 is 14.7 Å². The molecule has 0 rings (SSSR count). The van der Waals surface area contributed by atoms with Crippen LogP contribution in [0, 0.1) is 0 Å². The minimum absolute atomic E-state index is 0.213. The largest absolute Gasteiger partial charge is 0.480 e. The van der Waals surface area contributed by atoms with E-state index in [0.717, 1.165) is 12.8 Å². The Hall–Kier alpha value is -1.36. The van der Waals surface area contributed by atoms with E-state index in [0.29, 0.717) is 6.42 Å². The van der Waals surface area contributed by atoms with Gasteiger partial charge in [-0.25, -0.2) is 0 Å². The van der Waals surface area contributed by atoms with E-state index in [4.69, 9.17) is 10.8 Å². The Balaban J connectivity index is 4.34. The molecule has 16 heavy (non-hydrogen) atoms. The van der Waals surface area contributed by atoms with Crippen LogP contribution < -0.4 is 5.73 Å². The van der Waals surface area contributed by atoms with E-state index in [-0.39, 0.29) is 19.0 Å². The van der Waals surface area contributed by atoms with Crippen LogP contribution >= 0.6 is 0 Å². The summed E-state index contributed by atoms with van der Waals surface area (Å²) >= 11 is 0. The molecule has 0 radical (unpaired) electrons. The molecule has 1 amide bonds. The average molecular weight is 228 g/mol. The third-order valence-corrected chi connectivity index (χ3v) is 2.17. The maximum Gasteiger partial charge on any atom is 0.323 e. The van der Waals surface area contributed by atoms with Crippen molar-refractivity contribution in [2.24, 2.45) is 5.73 Å². The second-order valence-electron chi connectivity index (χ2n) is 3.65. The predicted molar refractivity (Wildman–Crippen MR) is 61.9 cm³/mol. The van der Waals surface area contributed by atoms with E-state index < -0.39 is 12.0 Å².